The second-order valence-electron chi connectivity index (χ2n) is 5.53. The average Bonchev–Trinajstić information content (AvgIpc) is 2.59. The first kappa shape index (κ1) is 22.4. The lowest BCUT2D eigenvalue weighted by Crippen LogP contribution is -2.41. The Bertz CT molecular complexity index is 1110. The quantitative estimate of drug-likeness (QED) is 0.477. The number of anilines is 1. The van der Waals surface area contributed by atoms with Gasteiger partial charge in [-0.15, -0.1) is 0 Å². The third kappa shape index (κ3) is 4.92. The van der Waals surface area contributed by atoms with Crippen LogP contribution in [0.4, 0.5) is 23.2 Å². The third-order valence-corrected chi connectivity index (χ3v) is 4.10. The summed E-state index contributed by atoms with van der Waals surface area (Å²) in [6.07, 6.45) is -4.97. The molecule has 0 fully saturated rings. The smallest absolute Gasteiger partial charge is 0.431 e. The van der Waals surface area contributed by atoms with E-state index in [2.05, 4.69) is 10.6 Å². The molecule has 0 bridgehead atoms. The molecule has 0 atom stereocenters. The summed E-state index contributed by atoms with van der Waals surface area (Å²) in [7, 11) is 0.777. The Kier molecular flexibility index (Phi) is 6.33. The molecule has 0 spiro atoms. The Labute approximate surface area is 169 Å². The molecule has 1 aromatic carbocycles. The number of halogens is 5. The van der Waals surface area contributed by atoms with Gasteiger partial charge in [0.15, 0.2) is 5.11 Å². The second-order valence-corrected chi connectivity index (χ2v) is 6.34. The number of carboxylic acid groups (broad SMARTS) is 1. The molecule has 0 saturated carbocycles. The lowest BCUT2D eigenvalue weighted by atomic mass is 10.2. The van der Waals surface area contributed by atoms with Gasteiger partial charge >= 0.3 is 17.8 Å². The van der Waals surface area contributed by atoms with Gasteiger partial charge in [0.25, 0.3) is 5.56 Å². The molecule has 156 valence electrons. The van der Waals surface area contributed by atoms with Crippen LogP contribution in [0.3, 0.4) is 0 Å². The monoisotopic (exact) mass is 454 g/mol. The molecular formula is C15H11ClF4N4O4S. The number of alkyl halides is 3. The Morgan fingerprint density at radius 3 is 2.45 bits per heavy atom. The molecule has 29 heavy (non-hydrogen) atoms. The van der Waals surface area contributed by atoms with Gasteiger partial charge in [0.2, 0.25) is 0 Å². The summed E-state index contributed by atoms with van der Waals surface area (Å²) in [6.45, 7) is -0.545. The third-order valence-electron chi connectivity index (χ3n) is 3.54. The van der Waals surface area contributed by atoms with Gasteiger partial charge in [0.1, 0.15) is 18.1 Å². The molecule has 0 amide bonds. The Morgan fingerprint density at radius 2 is 1.90 bits per heavy atom. The van der Waals surface area contributed by atoms with E-state index >= 15 is 0 Å². The van der Waals surface area contributed by atoms with Crippen LogP contribution in [0, 0.1) is 5.82 Å². The fourth-order valence-corrected chi connectivity index (χ4v) is 2.63. The highest BCUT2D eigenvalue weighted by molar-refractivity contribution is 7.80. The molecule has 0 aliphatic carbocycles. The summed E-state index contributed by atoms with van der Waals surface area (Å²) in [5.41, 5.74) is -5.17. The topological polar surface area (TPSA) is 105 Å². The van der Waals surface area contributed by atoms with Crippen LogP contribution in [0.1, 0.15) is 5.69 Å². The van der Waals surface area contributed by atoms with E-state index in [1.54, 1.807) is 0 Å². The van der Waals surface area contributed by atoms with Crippen molar-refractivity contribution in [2.45, 2.75) is 6.18 Å². The number of nitrogens with zero attached hydrogens (tertiary/aromatic N) is 2. The van der Waals surface area contributed by atoms with Gasteiger partial charge < -0.3 is 15.7 Å². The van der Waals surface area contributed by atoms with E-state index in [4.69, 9.17) is 28.9 Å². The van der Waals surface area contributed by atoms with Gasteiger partial charge in [0.05, 0.1) is 16.4 Å². The first-order valence-electron chi connectivity index (χ1n) is 7.49. The number of hydrogen-bond donors (Lipinski definition) is 3. The molecule has 1 heterocycles. The molecule has 1 aromatic heterocycles. The van der Waals surface area contributed by atoms with Crippen molar-refractivity contribution in [3.05, 3.63) is 55.6 Å². The number of carbonyl (C=O) groups is 1. The van der Waals surface area contributed by atoms with E-state index in [1.807, 2.05) is 0 Å². The molecule has 0 radical (unpaired) electrons. The van der Waals surface area contributed by atoms with E-state index in [0.29, 0.717) is 6.07 Å². The van der Waals surface area contributed by atoms with Crippen molar-refractivity contribution in [2.75, 3.05) is 11.9 Å². The van der Waals surface area contributed by atoms with Crippen molar-refractivity contribution in [3.63, 3.8) is 0 Å². The first-order valence-corrected chi connectivity index (χ1v) is 8.28. The fraction of sp³-hybridized carbons (Fsp3) is 0.200. The van der Waals surface area contributed by atoms with E-state index in [0.717, 1.165) is 13.1 Å². The number of thiocarbonyl (C=S) groups is 1. The molecule has 0 aliphatic heterocycles. The number of benzene rings is 1. The predicted octanol–water partition coefficient (Wildman–Crippen LogP) is 1.72. The summed E-state index contributed by atoms with van der Waals surface area (Å²) >= 11 is 10.7. The van der Waals surface area contributed by atoms with Gasteiger partial charge in [-0.3, -0.25) is 14.2 Å². The van der Waals surface area contributed by atoms with Gasteiger partial charge in [-0.1, -0.05) is 11.6 Å². The minimum atomic E-state index is -4.97. The van der Waals surface area contributed by atoms with Crippen LogP contribution in [0.25, 0.3) is 5.69 Å². The van der Waals surface area contributed by atoms with Crippen molar-refractivity contribution in [1.29, 1.82) is 0 Å². The number of aromatic nitrogens is 2. The first-order chi connectivity index (χ1) is 13.3. The Hall–Kier alpha value is -2.93. The highest BCUT2D eigenvalue weighted by Gasteiger charge is 2.35. The lowest BCUT2D eigenvalue weighted by molar-refractivity contribution is -0.144. The summed E-state index contributed by atoms with van der Waals surface area (Å²) < 4.78 is 53.5. The van der Waals surface area contributed by atoms with Crippen molar-refractivity contribution < 1.29 is 27.5 Å². The van der Waals surface area contributed by atoms with E-state index < -0.39 is 47.1 Å². The lowest BCUT2D eigenvalue weighted by Gasteiger charge is -2.16. The predicted molar refractivity (Wildman–Crippen MR) is 99.1 cm³/mol. The zero-order valence-corrected chi connectivity index (χ0v) is 15.9. The molecule has 0 aliphatic rings. The summed E-state index contributed by atoms with van der Waals surface area (Å²) in [5, 5.41) is 12.9. The molecule has 3 N–H and O–H groups in total. The standard InChI is InChI=1S/C15H11ClF4N4O4S/c1-23-10(15(18,19)20)4-11(25)24(14(23)28)9-3-8(6(16)2-7(9)17)22-13(29)21-5-12(26)27/h2-4H,5H2,1H3,(H,26,27)(H2,21,22,29). The van der Waals surface area contributed by atoms with Crippen LogP contribution in [0.2, 0.25) is 5.02 Å². The van der Waals surface area contributed by atoms with Crippen LogP contribution in [-0.4, -0.2) is 31.9 Å². The SMILES string of the molecule is Cn1c(C(F)(F)F)cc(=O)n(-c2cc(NC(=S)NCC(=O)O)c(Cl)cc2F)c1=O. The Balaban J connectivity index is 2.58. The normalized spacial score (nSPS) is 11.2. The molecule has 2 rings (SSSR count). The fourth-order valence-electron chi connectivity index (χ4n) is 2.25. The second kappa shape index (κ2) is 8.21. The molecule has 0 saturated heterocycles. The Morgan fingerprint density at radius 1 is 1.28 bits per heavy atom. The minimum Gasteiger partial charge on any atom is -0.480 e. The zero-order chi connectivity index (χ0) is 22.1. The number of hydrogen-bond acceptors (Lipinski definition) is 4. The van der Waals surface area contributed by atoms with Gasteiger partial charge in [-0.2, -0.15) is 13.2 Å². The molecule has 8 nitrogen and oxygen atoms in total. The van der Waals surface area contributed by atoms with Crippen LogP contribution < -0.4 is 21.9 Å². The average molecular weight is 455 g/mol. The summed E-state index contributed by atoms with van der Waals surface area (Å²) in [6, 6.07) is 1.74. The van der Waals surface area contributed by atoms with E-state index in [1.165, 1.54) is 0 Å². The minimum absolute atomic E-state index is 0.125. The van der Waals surface area contributed by atoms with Crippen molar-refractivity contribution >= 4 is 40.6 Å². The van der Waals surface area contributed by atoms with Crippen molar-refractivity contribution in [3.8, 4) is 5.69 Å². The maximum Gasteiger partial charge on any atom is 0.431 e. The maximum absolute atomic E-state index is 14.4. The molecule has 0 unspecified atom stereocenters. The highest BCUT2D eigenvalue weighted by Crippen LogP contribution is 2.28. The molecule has 2 aromatic rings. The van der Waals surface area contributed by atoms with Gasteiger partial charge in [-0.05, 0) is 24.4 Å². The summed E-state index contributed by atoms with van der Waals surface area (Å²) in [5.74, 6) is -2.39. The number of aliphatic carboxylic acids is 1. The van der Waals surface area contributed by atoms with Gasteiger partial charge in [-0.25, -0.2) is 13.8 Å². The van der Waals surface area contributed by atoms with E-state index in [-0.39, 0.29) is 31.0 Å². The molecular weight excluding hydrogens is 444 g/mol. The number of carboxylic acids is 1. The number of nitrogens with one attached hydrogen (secondary N) is 2. The van der Waals surface area contributed by atoms with Crippen LogP contribution in [-0.2, 0) is 18.0 Å². The van der Waals surface area contributed by atoms with Crippen LogP contribution in [0.5, 0.6) is 0 Å². The maximum atomic E-state index is 14.4. The summed E-state index contributed by atoms with van der Waals surface area (Å²) in [4.78, 5) is 35.0. The van der Waals surface area contributed by atoms with Gasteiger partial charge in [0, 0.05) is 13.1 Å². The number of rotatable bonds is 4. The van der Waals surface area contributed by atoms with E-state index in [9.17, 15) is 31.9 Å². The zero-order valence-electron chi connectivity index (χ0n) is 14.3. The van der Waals surface area contributed by atoms with Crippen molar-refractivity contribution in [2.24, 2.45) is 7.05 Å². The van der Waals surface area contributed by atoms with Crippen molar-refractivity contribution in [1.82, 2.24) is 14.5 Å². The van der Waals surface area contributed by atoms with Crippen LogP contribution in [0.15, 0.2) is 27.8 Å². The highest BCUT2D eigenvalue weighted by atomic mass is 35.5. The largest absolute Gasteiger partial charge is 0.480 e. The molecule has 14 heteroatoms. The van der Waals surface area contributed by atoms with Crippen LogP contribution >= 0.6 is 23.8 Å².